The zero-order chi connectivity index (χ0) is 17.8. The minimum Gasteiger partial charge on any atom is -0.326 e. The van der Waals surface area contributed by atoms with Crippen LogP contribution in [0.25, 0.3) is 0 Å². The Kier molecular flexibility index (Phi) is 5.39. The molecule has 1 unspecified atom stereocenters. The van der Waals surface area contributed by atoms with Crippen LogP contribution >= 0.6 is 23.5 Å². The van der Waals surface area contributed by atoms with Crippen LogP contribution in [0.2, 0.25) is 0 Å². The van der Waals surface area contributed by atoms with Crippen LogP contribution in [0, 0.1) is 6.92 Å². The number of rotatable bonds is 4. The smallest absolute Gasteiger partial charge is 0.284 e. The fraction of sp³-hybridized carbons (Fsp3) is 0.267. The lowest BCUT2D eigenvalue weighted by Crippen LogP contribution is -2.28. The summed E-state index contributed by atoms with van der Waals surface area (Å²) in [7, 11) is 0. The summed E-state index contributed by atoms with van der Waals surface area (Å²) in [5.74, 6) is 0.339. The molecule has 0 saturated carbocycles. The summed E-state index contributed by atoms with van der Waals surface area (Å²) in [6.45, 7) is 1.96. The maximum Gasteiger partial charge on any atom is 0.284 e. The number of amides is 3. The van der Waals surface area contributed by atoms with Gasteiger partial charge in [0.1, 0.15) is 11.1 Å². The molecule has 3 N–H and O–H groups in total. The molecule has 0 aliphatic carbocycles. The van der Waals surface area contributed by atoms with E-state index < -0.39 is 5.25 Å². The maximum absolute atomic E-state index is 12.1. The van der Waals surface area contributed by atoms with Gasteiger partial charge in [0.2, 0.25) is 11.8 Å². The summed E-state index contributed by atoms with van der Waals surface area (Å²) in [4.78, 5) is 35.1. The average molecular weight is 377 g/mol. The number of benzene rings is 1. The number of nitrogens with one attached hydrogen (secondary N) is 3. The van der Waals surface area contributed by atoms with E-state index >= 15 is 0 Å². The normalized spacial score (nSPS) is 23.0. The summed E-state index contributed by atoms with van der Waals surface area (Å²) >= 11 is 2.25. The minimum atomic E-state index is -0.558. The zero-order valence-corrected chi connectivity index (χ0v) is 14.9. The van der Waals surface area contributed by atoms with Gasteiger partial charge in [-0.3, -0.25) is 14.4 Å². The van der Waals surface area contributed by atoms with E-state index in [1.807, 2.05) is 31.2 Å². The largest absolute Gasteiger partial charge is 0.326 e. The van der Waals surface area contributed by atoms with Crippen molar-refractivity contribution in [2.45, 2.75) is 18.6 Å². The van der Waals surface area contributed by atoms with Crippen molar-refractivity contribution in [2.24, 2.45) is 10.2 Å². The van der Waals surface area contributed by atoms with Crippen LogP contribution < -0.4 is 16.0 Å². The van der Waals surface area contributed by atoms with E-state index in [1.165, 1.54) is 0 Å². The summed E-state index contributed by atoms with van der Waals surface area (Å²) in [6.07, 6.45) is 0.0343. The number of anilines is 1. The summed E-state index contributed by atoms with van der Waals surface area (Å²) in [5.41, 5.74) is 1.79. The first-order valence-corrected chi connectivity index (χ1v) is 9.28. The fourth-order valence-electron chi connectivity index (χ4n) is 2.09. The van der Waals surface area contributed by atoms with Crippen LogP contribution in [0.4, 0.5) is 10.5 Å². The second kappa shape index (κ2) is 7.70. The van der Waals surface area contributed by atoms with Crippen LogP contribution in [0.15, 0.2) is 34.5 Å². The topological polar surface area (TPSA) is 112 Å². The van der Waals surface area contributed by atoms with Crippen molar-refractivity contribution in [3.63, 3.8) is 0 Å². The third-order valence-corrected chi connectivity index (χ3v) is 5.18. The maximum atomic E-state index is 12.1. The van der Waals surface area contributed by atoms with Gasteiger partial charge in [0.25, 0.3) is 5.24 Å². The molecular formula is C15H15N5O3S2. The lowest BCUT2D eigenvalue weighted by molar-refractivity contribution is -0.122. The van der Waals surface area contributed by atoms with Gasteiger partial charge in [-0.05, 0) is 19.1 Å². The summed E-state index contributed by atoms with van der Waals surface area (Å²) in [5, 5.41) is 15.3. The van der Waals surface area contributed by atoms with Gasteiger partial charge in [0, 0.05) is 12.1 Å². The molecule has 0 bridgehead atoms. The van der Waals surface area contributed by atoms with Gasteiger partial charge in [0.05, 0.1) is 5.75 Å². The zero-order valence-electron chi connectivity index (χ0n) is 13.2. The highest BCUT2D eigenvalue weighted by Crippen LogP contribution is 2.23. The van der Waals surface area contributed by atoms with Gasteiger partial charge < -0.3 is 16.0 Å². The van der Waals surface area contributed by atoms with Crippen LogP contribution in [0.1, 0.15) is 12.0 Å². The highest BCUT2D eigenvalue weighted by molar-refractivity contribution is 8.15. The first-order chi connectivity index (χ1) is 12.0. The number of hydrogen-bond acceptors (Lipinski definition) is 7. The van der Waals surface area contributed by atoms with Gasteiger partial charge >= 0.3 is 0 Å². The van der Waals surface area contributed by atoms with Crippen molar-refractivity contribution >= 4 is 57.3 Å². The van der Waals surface area contributed by atoms with Crippen molar-refractivity contribution in [1.29, 1.82) is 0 Å². The van der Waals surface area contributed by atoms with E-state index in [9.17, 15) is 14.4 Å². The molecule has 2 fully saturated rings. The molecule has 0 aromatic heterocycles. The lowest BCUT2D eigenvalue weighted by Gasteiger charge is -2.07. The van der Waals surface area contributed by atoms with Crippen LogP contribution in [0.3, 0.4) is 0 Å². The molecule has 10 heteroatoms. The molecule has 25 heavy (non-hydrogen) atoms. The van der Waals surface area contributed by atoms with E-state index in [0.717, 1.165) is 29.1 Å². The SMILES string of the molecule is Cc1ccc(NC(=O)CC2SC(=N/N=C3/CSC(=O)N3)NC2=O)cc1. The molecule has 1 atom stereocenters. The molecule has 2 aliphatic heterocycles. The number of carbonyl (C=O) groups excluding carboxylic acids is 3. The van der Waals surface area contributed by atoms with Crippen LogP contribution in [0.5, 0.6) is 0 Å². The lowest BCUT2D eigenvalue weighted by atomic mass is 10.2. The average Bonchev–Trinajstić information content (AvgIpc) is 3.14. The van der Waals surface area contributed by atoms with Gasteiger partial charge in [-0.25, -0.2) is 0 Å². The fourth-order valence-corrected chi connectivity index (χ4v) is 3.59. The predicted octanol–water partition coefficient (Wildman–Crippen LogP) is 1.68. The van der Waals surface area contributed by atoms with Gasteiger partial charge in [-0.2, -0.15) is 0 Å². The molecule has 3 rings (SSSR count). The minimum absolute atomic E-state index is 0.0343. The van der Waals surface area contributed by atoms with Gasteiger partial charge in [0.15, 0.2) is 5.17 Å². The quantitative estimate of drug-likeness (QED) is 0.691. The molecule has 2 saturated heterocycles. The van der Waals surface area contributed by atoms with E-state index in [0.29, 0.717) is 22.4 Å². The molecule has 2 heterocycles. The molecule has 2 aliphatic rings. The molecule has 1 aromatic carbocycles. The number of thioether (sulfide) groups is 2. The molecule has 0 spiro atoms. The molecule has 1 aromatic rings. The number of carbonyl (C=O) groups is 3. The van der Waals surface area contributed by atoms with Crippen molar-refractivity contribution in [1.82, 2.24) is 10.6 Å². The Bertz CT molecular complexity index is 776. The first kappa shape index (κ1) is 17.5. The predicted molar refractivity (Wildman–Crippen MR) is 99.8 cm³/mol. The molecule has 3 amide bonds. The van der Waals surface area contributed by atoms with E-state index in [2.05, 4.69) is 26.2 Å². The standard InChI is InChI=1S/C15H15N5O3S2/c1-8-2-4-9(5-3-8)16-12(21)6-10-13(22)18-14(25-10)20-19-11-7-24-15(23)17-11/h2-5,10H,6-7H2,1H3,(H,16,21)(H,17,19,23)(H,18,20,22). The summed E-state index contributed by atoms with van der Waals surface area (Å²) < 4.78 is 0. The number of hydrogen-bond donors (Lipinski definition) is 3. The Morgan fingerprint density at radius 1 is 1.24 bits per heavy atom. The Morgan fingerprint density at radius 3 is 2.68 bits per heavy atom. The highest BCUT2D eigenvalue weighted by atomic mass is 32.2. The van der Waals surface area contributed by atoms with E-state index in [4.69, 9.17) is 0 Å². The second-order valence-corrected chi connectivity index (χ2v) is 7.51. The Balaban J connectivity index is 1.54. The Labute approximate surface area is 152 Å². The molecule has 0 radical (unpaired) electrons. The summed E-state index contributed by atoms with van der Waals surface area (Å²) in [6, 6.07) is 7.42. The number of nitrogens with zero attached hydrogens (tertiary/aromatic N) is 2. The first-order valence-electron chi connectivity index (χ1n) is 7.42. The van der Waals surface area contributed by atoms with Crippen molar-refractivity contribution in [3.05, 3.63) is 29.8 Å². The second-order valence-electron chi connectivity index (χ2n) is 5.37. The third kappa shape index (κ3) is 4.83. The van der Waals surface area contributed by atoms with E-state index in [1.54, 1.807) is 0 Å². The van der Waals surface area contributed by atoms with E-state index in [-0.39, 0.29) is 23.5 Å². The van der Waals surface area contributed by atoms with Crippen molar-refractivity contribution < 1.29 is 14.4 Å². The molecule has 130 valence electrons. The molecular weight excluding hydrogens is 362 g/mol. The van der Waals surface area contributed by atoms with Crippen LogP contribution in [-0.4, -0.2) is 39.1 Å². The molecule has 8 nitrogen and oxygen atoms in total. The van der Waals surface area contributed by atoms with Gasteiger partial charge in [-0.15, -0.1) is 10.2 Å². The van der Waals surface area contributed by atoms with Crippen molar-refractivity contribution in [2.75, 3.05) is 11.1 Å². The Morgan fingerprint density at radius 2 is 2.00 bits per heavy atom. The highest BCUT2D eigenvalue weighted by Gasteiger charge is 2.32. The monoisotopic (exact) mass is 377 g/mol. The van der Waals surface area contributed by atoms with Crippen molar-refractivity contribution in [3.8, 4) is 0 Å². The number of amidine groups is 2. The van der Waals surface area contributed by atoms with Gasteiger partial charge in [-0.1, -0.05) is 41.2 Å². The Hall–Kier alpha value is -2.33. The van der Waals surface area contributed by atoms with Crippen LogP contribution in [-0.2, 0) is 9.59 Å². The third-order valence-electron chi connectivity index (χ3n) is 3.33. The number of aryl methyl sites for hydroxylation is 1.